The van der Waals surface area contributed by atoms with Gasteiger partial charge in [0.15, 0.2) is 6.10 Å². The summed E-state index contributed by atoms with van der Waals surface area (Å²) < 4.78 is 9.49. The van der Waals surface area contributed by atoms with Gasteiger partial charge in [0.2, 0.25) is 0 Å². The second-order valence-electron chi connectivity index (χ2n) is 3.24. The van der Waals surface area contributed by atoms with Crippen LogP contribution in [0, 0.1) is 0 Å². The van der Waals surface area contributed by atoms with Crippen LogP contribution in [-0.4, -0.2) is 30.7 Å². The van der Waals surface area contributed by atoms with E-state index in [-0.39, 0.29) is 6.10 Å². The van der Waals surface area contributed by atoms with Crippen molar-refractivity contribution in [1.82, 2.24) is 10.3 Å². The number of pyridine rings is 1. The first-order valence-corrected chi connectivity index (χ1v) is 4.69. The maximum Gasteiger partial charge on any atom is 0.408 e. The summed E-state index contributed by atoms with van der Waals surface area (Å²) in [5.41, 5.74) is 0.967. The summed E-state index contributed by atoms with van der Waals surface area (Å²) in [6, 6.07) is 3.22. The lowest BCUT2D eigenvalue weighted by molar-refractivity contribution is 0.0599. The van der Waals surface area contributed by atoms with Crippen molar-refractivity contribution in [3.05, 3.63) is 29.6 Å². The number of carbonyl (C=O) groups excluding carboxylic acids is 2. The third-order valence-electron chi connectivity index (χ3n) is 2.22. The average molecular weight is 222 g/mol. The van der Waals surface area contributed by atoms with Crippen LogP contribution in [0.25, 0.3) is 0 Å². The van der Waals surface area contributed by atoms with E-state index in [1.165, 1.54) is 13.3 Å². The van der Waals surface area contributed by atoms with E-state index < -0.39 is 12.1 Å². The van der Waals surface area contributed by atoms with E-state index in [1.807, 2.05) is 0 Å². The van der Waals surface area contributed by atoms with Gasteiger partial charge < -0.3 is 14.8 Å². The fourth-order valence-corrected chi connectivity index (χ4v) is 1.39. The van der Waals surface area contributed by atoms with Crippen LogP contribution in [0.5, 0.6) is 0 Å². The van der Waals surface area contributed by atoms with Gasteiger partial charge in [0.1, 0.15) is 0 Å². The Bertz CT molecular complexity index is 415. The van der Waals surface area contributed by atoms with Crippen LogP contribution in [0.15, 0.2) is 18.3 Å². The molecule has 0 saturated carbocycles. The fraction of sp³-hybridized carbons (Fsp3) is 0.300. The third-order valence-corrected chi connectivity index (χ3v) is 2.22. The minimum absolute atomic E-state index is 0.364. The average Bonchev–Trinajstić information content (AvgIpc) is 2.75. The highest BCUT2D eigenvalue weighted by Crippen LogP contribution is 2.18. The molecule has 0 aromatic carbocycles. The van der Waals surface area contributed by atoms with Crippen LogP contribution in [0.2, 0.25) is 0 Å². The number of ether oxygens (including phenoxy) is 2. The second kappa shape index (κ2) is 4.18. The van der Waals surface area contributed by atoms with Crippen molar-refractivity contribution in [2.75, 3.05) is 13.7 Å². The second-order valence-corrected chi connectivity index (χ2v) is 3.24. The number of nitrogens with one attached hydrogen (secondary N) is 1. The van der Waals surface area contributed by atoms with E-state index in [0.717, 1.165) is 0 Å². The van der Waals surface area contributed by atoms with E-state index in [4.69, 9.17) is 4.74 Å². The number of cyclic esters (lactones) is 1. The zero-order valence-corrected chi connectivity index (χ0v) is 8.60. The van der Waals surface area contributed by atoms with Crippen molar-refractivity contribution >= 4 is 12.1 Å². The number of amides is 1. The number of hydrogen-bond donors (Lipinski definition) is 1. The minimum Gasteiger partial charge on any atom is -0.465 e. The number of hydrogen-bond acceptors (Lipinski definition) is 5. The summed E-state index contributed by atoms with van der Waals surface area (Å²) in [5.74, 6) is -0.444. The number of esters is 1. The Balaban J connectivity index is 2.13. The number of alkyl carbamates (subject to hydrolysis) is 1. The van der Waals surface area contributed by atoms with Crippen LogP contribution in [0.1, 0.15) is 22.2 Å². The molecule has 1 aliphatic heterocycles. The maximum atomic E-state index is 11.1. The van der Waals surface area contributed by atoms with Gasteiger partial charge >= 0.3 is 12.1 Å². The Morgan fingerprint density at radius 1 is 1.62 bits per heavy atom. The lowest BCUT2D eigenvalue weighted by atomic mass is 10.2. The predicted octanol–water partition coefficient (Wildman–Crippen LogP) is 0.649. The molecule has 1 fully saturated rings. The summed E-state index contributed by atoms with van der Waals surface area (Å²) in [6.07, 6.45) is 0.552. The SMILES string of the molecule is COC(=O)c1ccc(C2CNC(=O)O2)nc1. The van der Waals surface area contributed by atoms with E-state index in [1.54, 1.807) is 12.1 Å². The summed E-state index contributed by atoms with van der Waals surface area (Å²) in [5, 5.41) is 2.52. The summed E-state index contributed by atoms with van der Waals surface area (Å²) in [6.45, 7) is 0.392. The van der Waals surface area contributed by atoms with Crippen LogP contribution in [-0.2, 0) is 9.47 Å². The molecule has 1 atom stereocenters. The van der Waals surface area contributed by atoms with Crippen molar-refractivity contribution in [3.63, 3.8) is 0 Å². The third kappa shape index (κ3) is 1.95. The van der Waals surface area contributed by atoms with E-state index >= 15 is 0 Å². The molecule has 1 saturated heterocycles. The van der Waals surface area contributed by atoms with Gasteiger partial charge in [-0.2, -0.15) is 0 Å². The number of nitrogens with zero attached hydrogens (tertiary/aromatic N) is 1. The monoisotopic (exact) mass is 222 g/mol. The first-order valence-electron chi connectivity index (χ1n) is 4.69. The van der Waals surface area contributed by atoms with Gasteiger partial charge in [-0.25, -0.2) is 9.59 Å². The molecule has 1 aliphatic rings. The molecule has 84 valence electrons. The van der Waals surface area contributed by atoms with Crippen molar-refractivity contribution in [1.29, 1.82) is 0 Å². The standard InChI is InChI=1S/C10H10N2O4/c1-15-9(13)6-2-3-7(11-4-6)8-5-12-10(14)16-8/h2-4,8H,5H2,1H3,(H,12,14). The summed E-state index contributed by atoms with van der Waals surface area (Å²) in [4.78, 5) is 26.0. The molecule has 6 nitrogen and oxygen atoms in total. The summed E-state index contributed by atoms with van der Waals surface area (Å²) in [7, 11) is 1.30. The number of carbonyl (C=O) groups is 2. The lowest BCUT2D eigenvalue weighted by Crippen LogP contribution is -2.12. The number of rotatable bonds is 2. The molecular formula is C10H10N2O4. The van der Waals surface area contributed by atoms with Gasteiger partial charge in [0, 0.05) is 6.20 Å². The molecular weight excluding hydrogens is 212 g/mol. The molecule has 0 bridgehead atoms. The molecule has 2 rings (SSSR count). The van der Waals surface area contributed by atoms with Crippen molar-refractivity contribution in [3.8, 4) is 0 Å². The Labute approximate surface area is 91.6 Å². The van der Waals surface area contributed by atoms with Gasteiger partial charge in [0.25, 0.3) is 0 Å². The minimum atomic E-state index is -0.455. The zero-order chi connectivity index (χ0) is 11.5. The molecule has 2 heterocycles. The molecule has 0 aliphatic carbocycles. The smallest absolute Gasteiger partial charge is 0.408 e. The molecule has 1 N–H and O–H groups in total. The maximum absolute atomic E-state index is 11.1. The predicted molar refractivity (Wildman–Crippen MR) is 52.8 cm³/mol. The molecule has 1 unspecified atom stereocenters. The summed E-state index contributed by atoms with van der Waals surface area (Å²) >= 11 is 0. The van der Waals surface area contributed by atoms with Gasteiger partial charge in [0.05, 0.1) is 24.9 Å². The van der Waals surface area contributed by atoms with Crippen LogP contribution in [0.4, 0.5) is 4.79 Å². The Morgan fingerprint density at radius 2 is 2.44 bits per heavy atom. The van der Waals surface area contributed by atoms with Crippen molar-refractivity contribution in [2.24, 2.45) is 0 Å². The van der Waals surface area contributed by atoms with Crippen LogP contribution < -0.4 is 5.32 Å². The van der Waals surface area contributed by atoms with Crippen LogP contribution >= 0.6 is 0 Å². The van der Waals surface area contributed by atoms with Gasteiger partial charge in [-0.15, -0.1) is 0 Å². The highest BCUT2D eigenvalue weighted by molar-refractivity contribution is 5.88. The number of methoxy groups -OCH3 is 1. The lowest BCUT2D eigenvalue weighted by Gasteiger charge is -2.06. The first-order chi connectivity index (χ1) is 7.70. The van der Waals surface area contributed by atoms with Crippen molar-refractivity contribution < 1.29 is 19.1 Å². The van der Waals surface area contributed by atoms with E-state index in [9.17, 15) is 9.59 Å². The zero-order valence-electron chi connectivity index (χ0n) is 8.60. The van der Waals surface area contributed by atoms with Gasteiger partial charge in [-0.05, 0) is 12.1 Å². The molecule has 1 aromatic heterocycles. The highest BCUT2D eigenvalue weighted by Gasteiger charge is 2.25. The normalized spacial score (nSPS) is 18.8. The molecule has 6 heteroatoms. The Hall–Kier alpha value is -2.11. The molecule has 0 radical (unpaired) electrons. The van der Waals surface area contributed by atoms with Crippen molar-refractivity contribution in [2.45, 2.75) is 6.10 Å². The highest BCUT2D eigenvalue weighted by atomic mass is 16.6. The van der Waals surface area contributed by atoms with Gasteiger partial charge in [-0.1, -0.05) is 0 Å². The first kappa shape index (κ1) is 10.4. The van der Waals surface area contributed by atoms with Crippen LogP contribution in [0.3, 0.4) is 0 Å². The quantitative estimate of drug-likeness (QED) is 0.743. The Morgan fingerprint density at radius 3 is 2.94 bits per heavy atom. The fourth-order valence-electron chi connectivity index (χ4n) is 1.39. The topological polar surface area (TPSA) is 77.5 Å². The van der Waals surface area contributed by atoms with E-state index in [2.05, 4.69) is 15.0 Å². The Kier molecular flexibility index (Phi) is 2.72. The molecule has 16 heavy (non-hydrogen) atoms. The molecule has 1 amide bonds. The molecule has 0 spiro atoms. The number of aromatic nitrogens is 1. The molecule has 1 aromatic rings. The van der Waals surface area contributed by atoms with Gasteiger partial charge in [-0.3, -0.25) is 4.98 Å². The van der Waals surface area contributed by atoms with E-state index in [0.29, 0.717) is 17.8 Å². The largest absolute Gasteiger partial charge is 0.465 e.